The number of esters is 1. The van der Waals surface area contributed by atoms with Gasteiger partial charge in [0.05, 0.1) is 25.4 Å². The minimum Gasteiger partial charge on any atom is -0.467 e. The number of aryl methyl sites for hydroxylation is 3. The van der Waals surface area contributed by atoms with E-state index in [-0.39, 0.29) is 12.0 Å². The predicted molar refractivity (Wildman–Crippen MR) is 99.8 cm³/mol. The number of methoxy groups -OCH3 is 1. The molecule has 1 N–H and O–H groups in total. The van der Waals surface area contributed by atoms with Gasteiger partial charge in [-0.1, -0.05) is 0 Å². The summed E-state index contributed by atoms with van der Waals surface area (Å²) in [6, 6.07) is 1.11. The Kier molecular flexibility index (Phi) is 4.78. The molecule has 1 amide bonds. The molecule has 3 rings (SSSR count). The number of hydrogen-bond acceptors (Lipinski definition) is 6. The highest BCUT2D eigenvalue weighted by atomic mass is 16.5. The number of furan rings is 1. The number of amides is 1. The van der Waals surface area contributed by atoms with Crippen LogP contribution in [-0.4, -0.2) is 25.0 Å². The standard InChI is InChI=1S/C20H21NO6/c1-9-8-26-17-11(3)18-14(6-13(9)17)10(2)15(20(24)27-18)7-16(22)21-12(4)19(23)25-5/h6,8,12H,7H2,1-5H3,(H,21,22)/t12-/m0/s1. The molecule has 0 saturated heterocycles. The lowest BCUT2D eigenvalue weighted by Crippen LogP contribution is -2.40. The number of fused-ring (bicyclic) bond motifs is 2. The van der Waals surface area contributed by atoms with E-state index in [4.69, 9.17) is 8.83 Å². The zero-order valence-corrected chi connectivity index (χ0v) is 15.9. The van der Waals surface area contributed by atoms with E-state index >= 15 is 0 Å². The van der Waals surface area contributed by atoms with Crippen molar-refractivity contribution in [2.24, 2.45) is 0 Å². The smallest absolute Gasteiger partial charge is 0.340 e. The first-order valence-electron chi connectivity index (χ1n) is 8.55. The fourth-order valence-corrected chi connectivity index (χ4v) is 3.21. The number of nitrogens with one attached hydrogen (secondary N) is 1. The van der Waals surface area contributed by atoms with E-state index in [0.717, 1.165) is 21.9 Å². The molecule has 0 aliphatic carbocycles. The van der Waals surface area contributed by atoms with Crippen molar-refractivity contribution in [2.75, 3.05) is 7.11 Å². The van der Waals surface area contributed by atoms with Crippen LogP contribution in [0.5, 0.6) is 0 Å². The number of ether oxygens (including phenoxy) is 1. The van der Waals surface area contributed by atoms with E-state index in [9.17, 15) is 14.4 Å². The number of carbonyl (C=O) groups excluding carboxylic acids is 2. The number of benzene rings is 1. The van der Waals surface area contributed by atoms with Gasteiger partial charge in [0, 0.05) is 16.3 Å². The van der Waals surface area contributed by atoms with Crippen LogP contribution >= 0.6 is 0 Å². The maximum Gasteiger partial charge on any atom is 0.340 e. The Hall–Kier alpha value is -3.09. The highest BCUT2D eigenvalue weighted by Crippen LogP contribution is 2.32. The third kappa shape index (κ3) is 3.20. The Labute approximate surface area is 155 Å². The van der Waals surface area contributed by atoms with Gasteiger partial charge in [0.2, 0.25) is 5.91 Å². The van der Waals surface area contributed by atoms with Crippen LogP contribution in [0, 0.1) is 20.8 Å². The second-order valence-electron chi connectivity index (χ2n) is 6.66. The first-order valence-corrected chi connectivity index (χ1v) is 8.55. The zero-order chi connectivity index (χ0) is 19.9. The first-order chi connectivity index (χ1) is 12.7. The summed E-state index contributed by atoms with van der Waals surface area (Å²) in [5, 5.41) is 4.21. The van der Waals surface area contributed by atoms with Crippen molar-refractivity contribution in [3.63, 3.8) is 0 Å². The Morgan fingerprint density at radius 2 is 1.85 bits per heavy atom. The summed E-state index contributed by atoms with van der Waals surface area (Å²) in [6.07, 6.45) is 1.47. The van der Waals surface area contributed by atoms with E-state index in [1.165, 1.54) is 14.0 Å². The maximum atomic E-state index is 12.5. The molecule has 0 aliphatic rings. The molecule has 2 heterocycles. The molecule has 0 aliphatic heterocycles. The van der Waals surface area contributed by atoms with Gasteiger partial charge in [0.25, 0.3) is 0 Å². The van der Waals surface area contributed by atoms with Crippen LogP contribution in [0.2, 0.25) is 0 Å². The van der Waals surface area contributed by atoms with Gasteiger partial charge in [0.15, 0.2) is 0 Å². The summed E-state index contributed by atoms with van der Waals surface area (Å²) < 4.78 is 15.7. The summed E-state index contributed by atoms with van der Waals surface area (Å²) in [5.74, 6) is -1.01. The lowest BCUT2D eigenvalue weighted by molar-refractivity contribution is -0.144. The SMILES string of the molecule is COC(=O)[C@H](C)NC(=O)Cc1c(C)c2cc3c(C)coc3c(C)c2oc1=O. The van der Waals surface area contributed by atoms with Gasteiger partial charge in [0.1, 0.15) is 17.2 Å². The van der Waals surface area contributed by atoms with Crippen molar-refractivity contribution in [3.05, 3.63) is 45.0 Å². The molecule has 7 nitrogen and oxygen atoms in total. The summed E-state index contributed by atoms with van der Waals surface area (Å²) in [7, 11) is 1.24. The van der Waals surface area contributed by atoms with Gasteiger partial charge in [-0.25, -0.2) is 9.59 Å². The fourth-order valence-electron chi connectivity index (χ4n) is 3.21. The van der Waals surface area contributed by atoms with Gasteiger partial charge in [-0.3, -0.25) is 4.79 Å². The highest BCUT2D eigenvalue weighted by Gasteiger charge is 2.21. The fraction of sp³-hybridized carbons (Fsp3) is 0.350. The maximum absolute atomic E-state index is 12.5. The Balaban J connectivity index is 2.05. The van der Waals surface area contributed by atoms with Crippen LogP contribution in [-0.2, 0) is 20.7 Å². The Bertz CT molecular complexity index is 1120. The molecule has 2 aromatic heterocycles. The van der Waals surface area contributed by atoms with E-state index in [0.29, 0.717) is 16.7 Å². The lowest BCUT2D eigenvalue weighted by Gasteiger charge is -2.13. The van der Waals surface area contributed by atoms with E-state index in [1.807, 2.05) is 19.9 Å². The monoisotopic (exact) mass is 371 g/mol. The molecule has 7 heteroatoms. The average Bonchev–Trinajstić information content (AvgIpc) is 3.00. The van der Waals surface area contributed by atoms with Crippen LogP contribution in [0.15, 0.2) is 26.0 Å². The summed E-state index contributed by atoms with van der Waals surface area (Å²) in [5.41, 5.74) is 3.21. The molecule has 3 aromatic rings. The number of carbonyl (C=O) groups is 2. The van der Waals surface area contributed by atoms with Crippen LogP contribution in [0.1, 0.15) is 29.2 Å². The molecule has 0 bridgehead atoms. The highest BCUT2D eigenvalue weighted by molar-refractivity contribution is 6.00. The average molecular weight is 371 g/mol. The second-order valence-corrected chi connectivity index (χ2v) is 6.66. The number of rotatable bonds is 4. The van der Waals surface area contributed by atoms with Crippen LogP contribution in [0.4, 0.5) is 0 Å². The van der Waals surface area contributed by atoms with Crippen molar-refractivity contribution >= 4 is 33.8 Å². The van der Waals surface area contributed by atoms with Crippen LogP contribution < -0.4 is 10.9 Å². The third-order valence-corrected chi connectivity index (χ3v) is 4.80. The molecule has 0 fully saturated rings. The topological polar surface area (TPSA) is 98.8 Å². The van der Waals surface area contributed by atoms with Gasteiger partial charge in [-0.15, -0.1) is 0 Å². The summed E-state index contributed by atoms with van der Waals surface area (Å²) >= 11 is 0. The van der Waals surface area contributed by atoms with Crippen LogP contribution in [0.3, 0.4) is 0 Å². The molecule has 27 heavy (non-hydrogen) atoms. The molecule has 0 saturated carbocycles. The van der Waals surface area contributed by atoms with Gasteiger partial charge >= 0.3 is 11.6 Å². The van der Waals surface area contributed by atoms with Gasteiger partial charge in [-0.2, -0.15) is 0 Å². The Morgan fingerprint density at radius 1 is 1.15 bits per heavy atom. The van der Waals surface area contributed by atoms with E-state index in [1.54, 1.807) is 13.2 Å². The molecule has 0 radical (unpaired) electrons. The van der Waals surface area contributed by atoms with Crippen LogP contribution in [0.25, 0.3) is 21.9 Å². The quantitative estimate of drug-likeness (QED) is 0.559. The summed E-state index contributed by atoms with van der Waals surface area (Å²) in [6.45, 7) is 7.07. The second kappa shape index (κ2) is 6.90. The molecule has 1 atom stereocenters. The van der Waals surface area contributed by atoms with Crippen molar-refractivity contribution in [3.8, 4) is 0 Å². The molecule has 0 unspecified atom stereocenters. The largest absolute Gasteiger partial charge is 0.467 e. The molecule has 142 valence electrons. The van der Waals surface area contributed by atoms with Crippen molar-refractivity contribution < 1.29 is 23.2 Å². The van der Waals surface area contributed by atoms with Gasteiger partial charge < -0.3 is 18.9 Å². The molecule has 0 spiro atoms. The Morgan fingerprint density at radius 3 is 2.52 bits per heavy atom. The first kappa shape index (κ1) is 18.7. The normalized spacial score (nSPS) is 12.3. The van der Waals surface area contributed by atoms with E-state index in [2.05, 4.69) is 10.1 Å². The minimum absolute atomic E-state index is 0.188. The number of hydrogen-bond donors (Lipinski definition) is 1. The van der Waals surface area contributed by atoms with Crippen molar-refractivity contribution in [2.45, 2.75) is 40.2 Å². The lowest BCUT2D eigenvalue weighted by atomic mass is 9.99. The van der Waals surface area contributed by atoms with Crippen molar-refractivity contribution in [1.29, 1.82) is 0 Å². The zero-order valence-electron chi connectivity index (χ0n) is 15.9. The third-order valence-electron chi connectivity index (χ3n) is 4.80. The summed E-state index contributed by atoms with van der Waals surface area (Å²) in [4.78, 5) is 36.2. The predicted octanol–water partition coefficient (Wildman–Crippen LogP) is 2.68. The van der Waals surface area contributed by atoms with Crippen molar-refractivity contribution in [1.82, 2.24) is 5.32 Å². The molecule has 1 aromatic carbocycles. The van der Waals surface area contributed by atoms with E-state index < -0.39 is 23.5 Å². The van der Waals surface area contributed by atoms with Gasteiger partial charge in [-0.05, 0) is 44.9 Å². The molecular formula is C20H21NO6. The molecular weight excluding hydrogens is 350 g/mol. The minimum atomic E-state index is -0.800.